The molecule has 0 fully saturated rings. The Labute approximate surface area is 293 Å². The fourth-order valence-electron chi connectivity index (χ4n) is 6.69. The number of aryl methyl sites for hydroxylation is 1. The number of rotatable bonds is 11. The summed E-state index contributed by atoms with van der Waals surface area (Å²) >= 11 is 0. The van der Waals surface area contributed by atoms with Crippen molar-refractivity contribution in [2.45, 2.75) is 96.8 Å². The highest BCUT2D eigenvalue weighted by Gasteiger charge is 2.45. The van der Waals surface area contributed by atoms with Crippen molar-refractivity contribution in [1.29, 1.82) is 0 Å². The van der Waals surface area contributed by atoms with E-state index in [9.17, 15) is 17.8 Å². The maximum Gasteiger partial charge on any atom is 0.338 e. The monoisotopic (exact) mass is 684 g/mol. The molecule has 0 aromatic heterocycles. The van der Waals surface area contributed by atoms with Crippen LogP contribution in [0.2, 0.25) is 0 Å². The molecule has 2 heterocycles. The molecule has 3 aromatic rings. The van der Waals surface area contributed by atoms with Gasteiger partial charge in [-0.1, -0.05) is 94.6 Å². The quantitative estimate of drug-likeness (QED) is 0.0869. The summed E-state index contributed by atoms with van der Waals surface area (Å²) in [7, 11) is -4.27. The molecule has 0 saturated carbocycles. The molecule has 49 heavy (non-hydrogen) atoms. The molecule has 2 aliphatic rings. The van der Waals surface area contributed by atoms with Crippen LogP contribution in [-0.2, 0) is 30.5 Å². The first-order chi connectivity index (χ1) is 23.2. The van der Waals surface area contributed by atoms with Gasteiger partial charge < -0.3 is 14.2 Å². The summed E-state index contributed by atoms with van der Waals surface area (Å²) in [5.74, 6) is -0.267. The van der Waals surface area contributed by atoms with Gasteiger partial charge in [-0.2, -0.15) is 4.58 Å². The van der Waals surface area contributed by atoms with Gasteiger partial charge in [0.2, 0.25) is 5.69 Å². The van der Waals surface area contributed by atoms with Crippen LogP contribution in [0.4, 0.5) is 11.4 Å². The van der Waals surface area contributed by atoms with Crippen molar-refractivity contribution in [3.05, 3.63) is 113 Å². The van der Waals surface area contributed by atoms with E-state index >= 15 is 0 Å². The number of fused-ring (bicyclic) bond motifs is 2. The van der Waals surface area contributed by atoms with E-state index in [1.165, 1.54) is 34.6 Å². The first kappa shape index (κ1) is 37.8. The molecular formula is C41H52N2O5S. The number of allylic oxidation sites excluding steroid dienone is 2. The zero-order chi connectivity index (χ0) is 36.0. The first-order valence-electron chi connectivity index (χ1n) is 17.4. The van der Waals surface area contributed by atoms with Crippen molar-refractivity contribution in [3.8, 4) is 0 Å². The average Bonchev–Trinajstić information content (AvgIpc) is 3.41. The zero-order valence-corrected chi connectivity index (χ0v) is 31.2. The summed E-state index contributed by atoms with van der Waals surface area (Å²) in [6.45, 7) is 19.4. The van der Waals surface area contributed by atoms with Crippen LogP contribution in [0.1, 0.15) is 90.8 Å². The number of carbonyl (C=O) groups is 1. The van der Waals surface area contributed by atoms with Crippen molar-refractivity contribution in [3.63, 3.8) is 0 Å². The minimum atomic E-state index is -4.27. The van der Waals surface area contributed by atoms with E-state index in [-0.39, 0.29) is 21.7 Å². The molecule has 0 unspecified atom stereocenters. The number of hydrogen-bond donors (Lipinski definition) is 0. The van der Waals surface area contributed by atoms with Crippen LogP contribution in [0.15, 0.2) is 101 Å². The van der Waals surface area contributed by atoms with E-state index in [1.807, 2.05) is 13.8 Å². The van der Waals surface area contributed by atoms with Crippen LogP contribution in [0.3, 0.4) is 0 Å². The lowest BCUT2D eigenvalue weighted by atomic mass is 9.80. The third-order valence-corrected chi connectivity index (χ3v) is 10.3. The first-order valence-corrected chi connectivity index (χ1v) is 18.8. The molecule has 0 N–H and O–H groups in total. The van der Waals surface area contributed by atoms with Gasteiger partial charge in [-0.25, -0.2) is 13.2 Å². The second-order valence-electron chi connectivity index (χ2n) is 13.8. The van der Waals surface area contributed by atoms with Gasteiger partial charge in [0.1, 0.15) is 16.7 Å². The Kier molecular flexibility index (Phi) is 12.1. The second kappa shape index (κ2) is 15.7. The number of hydrogen-bond acceptors (Lipinski definition) is 6. The minimum absolute atomic E-state index is 0.178. The minimum Gasteiger partial charge on any atom is -0.744 e. The normalized spacial score (nSPS) is 17.0. The van der Waals surface area contributed by atoms with Crippen molar-refractivity contribution in [2.24, 2.45) is 0 Å². The van der Waals surface area contributed by atoms with E-state index in [4.69, 9.17) is 4.74 Å². The number of anilines is 1. The molecule has 0 atom stereocenters. The largest absolute Gasteiger partial charge is 0.744 e. The van der Waals surface area contributed by atoms with Crippen LogP contribution < -0.4 is 4.90 Å². The fourth-order valence-corrected chi connectivity index (χ4v) is 7.16. The number of unbranched alkanes of at least 4 members (excludes halogenated alkanes) is 2. The average molecular weight is 685 g/mol. The fraction of sp³-hybridized carbons (Fsp3) is 0.415. The summed E-state index contributed by atoms with van der Waals surface area (Å²) in [4.78, 5) is 15.8. The molecule has 0 spiro atoms. The summed E-state index contributed by atoms with van der Waals surface area (Å²) in [6, 6.07) is 23.1. The summed E-state index contributed by atoms with van der Waals surface area (Å²) in [5.41, 5.74) is 8.48. The van der Waals surface area contributed by atoms with E-state index in [0.717, 1.165) is 55.7 Å². The molecule has 0 radical (unpaired) electrons. The van der Waals surface area contributed by atoms with Crippen molar-refractivity contribution in [1.82, 2.24) is 0 Å². The van der Waals surface area contributed by atoms with Crippen LogP contribution in [-0.4, -0.2) is 48.9 Å². The van der Waals surface area contributed by atoms with Gasteiger partial charge >= 0.3 is 5.97 Å². The van der Waals surface area contributed by atoms with Gasteiger partial charge in [-0.05, 0) is 64.0 Å². The lowest BCUT2D eigenvalue weighted by Gasteiger charge is -2.27. The van der Waals surface area contributed by atoms with Gasteiger partial charge in [0, 0.05) is 47.5 Å². The standard InChI is InChI=1S/C34H45N2O2.C7H8O3S/c1-8-11-21-35-28-19-15-13-17-26(28)33(4,5)30(35)23-25(32(37)38-10-3)24-31-34(6,7)27-18-14-16-20-29(27)36(31)22-12-9-2;1-6-2-4-7(5-3-6)11(8,9)10/h13-20,23-24H,8-12,21-22H2,1-7H3;2-5H,1H3,(H,8,9,10)/q+1;/p-1. The van der Waals surface area contributed by atoms with Gasteiger partial charge in [0.15, 0.2) is 5.71 Å². The maximum absolute atomic E-state index is 13.5. The smallest absolute Gasteiger partial charge is 0.338 e. The summed E-state index contributed by atoms with van der Waals surface area (Å²) < 4.78 is 39.2. The van der Waals surface area contributed by atoms with Crippen LogP contribution >= 0.6 is 0 Å². The molecule has 0 amide bonds. The van der Waals surface area contributed by atoms with Crippen molar-refractivity contribution < 1.29 is 27.1 Å². The highest BCUT2D eigenvalue weighted by molar-refractivity contribution is 7.85. The van der Waals surface area contributed by atoms with Gasteiger partial charge in [-0.3, -0.25) is 0 Å². The SMILES string of the molecule is CCCCN1C(=CC(=CC2=[N+](CCCC)c3ccccc3C2(C)C)C(=O)OCC)C(C)(C)c2ccccc21.Cc1ccc(S(=O)(=O)[O-])cc1. The third kappa shape index (κ3) is 8.25. The lowest BCUT2D eigenvalue weighted by molar-refractivity contribution is -0.438. The van der Waals surface area contributed by atoms with E-state index in [1.54, 1.807) is 12.1 Å². The number of nitrogens with zero attached hydrogens (tertiary/aromatic N) is 2. The molecule has 7 nitrogen and oxygen atoms in total. The number of benzene rings is 3. The van der Waals surface area contributed by atoms with E-state index in [0.29, 0.717) is 12.2 Å². The van der Waals surface area contributed by atoms with Crippen molar-refractivity contribution in [2.75, 3.05) is 24.6 Å². The number of esters is 1. The molecule has 0 aliphatic carbocycles. The molecule has 0 saturated heterocycles. The van der Waals surface area contributed by atoms with E-state index in [2.05, 4.69) is 112 Å². The summed E-state index contributed by atoms with van der Waals surface area (Å²) in [6.07, 6.45) is 8.62. The lowest BCUT2D eigenvalue weighted by Crippen LogP contribution is -2.30. The van der Waals surface area contributed by atoms with Crippen LogP contribution in [0.5, 0.6) is 0 Å². The zero-order valence-electron chi connectivity index (χ0n) is 30.4. The molecule has 262 valence electrons. The Bertz CT molecular complexity index is 1850. The highest BCUT2D eigenvalue weighted by Crippen LogP contribution is 2.48. The molecule has 8 heteroatoms. The maximum atomic E-state index is 13.5. The number of carbonyl (C=O) groups excluding carboxylic acids is 1. The summed E-state index contributed by atoms with van der Waals surface area (Å²) in [5, 5.41) is 0. The topological polar surface area (TPSA) is 89.8 Å². The predicted octanol–water partition coefficient (Wildman–Crippen LogP) is 8.73. The Morgan fingerprint density at radius 3 is 2.08 bits per heavy atom. The number of ether oxygens (including phenoxy) is 1. The Morgan fingerprint density at radius 2 is 1.47 bits per heavy atom. The van der Waals surface area contributed by atoms with Crippen molar-refractivity contribution >= 4 is 33.2 Å². The molecular weight excluding hydrogens is 633 g/mol. The Morgan fingerprint density at radius 1 is 0.857 bits per heavy atom. The van der Waals surface area contributed by atoms with E-state index < -0.39 is 10.1 Å². The molecule has 0 bridgehead atoms. The Hall–Kier alpha value is -4.01. The Balaban J connectivity index is 0.000000418. The second-order valence-corrected chi connectivity index (χ2v) is 15.2. The molecule has 3 aromatic carbocycles. The number of para-hydroxylation sites is 2. The third-order valence-electron chi connectivity index (χ3n) is 9.47. The van der Waals surface area contributed by atoms with Gasteiger partial charge in [0.25, 0.3) is 0 Å². The highest BCUT2D eigenvalue weighted by atomic mass is 32.2. The van der Waals surface area contributed by atoms with Gasteiger partial charge in [0.05, 0.1) is 22.5 Å². The van der Waals surface area contributed by atoms with Crippen LogP contribution in [0, 0.1) is 6.92 Å². The predicted molar refractivity (Wildman–Crippen MR) is 198 cm³/mol. The van der Waals surface area contributed by atoms with Crippen LogP contribution in [0.25, 0.3) is 0 Å². The molecule has 5 rings (SSSR count). The van der Waals surface area contributed by atoms with Gasteiger partial charge in [-0.15, -0.1) is 0 Å². The molecule has 2 aliphatic heterocycles.